The van der Waals surface area contributed by atoms with E-state index in [9.17, 15) is 5.21 Å². The third kappa shape index (κ3) is 14.3. The Morgan fingerprint density at radius 3 is 1.75 bits per heavy atom. The molecule has 2 N–H and O–H groups in total. The van der Waals surface area contributed by atoms with Gasteiger partial charge in [-0.1, -0.05) is 58.3 Å². The molecule has 0 heterocycles. The lowest BCUT2D eigenvalue weighted by Crippen LogP contribution is -2.41. The third-order valence-electron chi connectivity index (χ3n) is 4.04. The first-order chi connectivity index (χ1) is 9.48. The molecule has 0 aromatic heterocycles. The van der Waals surface area contributed by atoms with Gasteiger partial charge < -0.3 is 15.6 Å². The van der Waals surface area contributed by atoms with Crippen LogP contribution in [-0.2, 0) is 0 Å². The Morgan fingerprint density at radius 1 is 0.850 bits per heavy atom. The van der Waals surface area contributed by atoms with E-state index in [1.165, 1.54) is 57.8 Å². The number of nitrogens with two attached hydrogens (primary N) is 1. The van der Waals surface area contributed by atoms with Gasteiger partial charge in [0.25, 0.3) is 0 Å². The molecule has 0 amide bonds. The minimum Gasteiger partial charge on any atom is -0.633 e. The Kier molecular flexibility index (Phi) is 12.5. The highest BCUT2D eigenvalue weighted by molar-refractivity contribution is 4.53. The Balaban J connectivity index is 3.30. The number of quaternary nitrogens is 1. The topological polar surface area (TPSA) is 49.1 Å². The van der Waals surface area contributed by atoms with Gasteiger partial charge >= 0.3 is 0 Å². The Morgan fingerprint density at radius 2 is 1.30 bits per heavy atom. The van der Waals surface area contributed by atoms with Crippen LogP contribution in [0, 0.1) is 5.21 Å². The fourth-order valence-electron chi connectivity index (χ4n) is 2.52. The van der Waals surface area contributed by atoms with E-state index in [2.05, 4.69) is 6.92 Å². The number of hydrogen-bond acceptors (Lipinski definition) is 2. The molecule has 20 heavy (non-hydrogen) atoms. The van der Waals surface area contributed by atoms with E-state index in [0.717, 1.165) is 19.4 Å². The normalized spacial score (nSPS) is 16.1. The molecule has 0 radical (unpaired) electrons. The minimum absolute atomic E-state index is 0.113. The lowest BCUT2D eigenvalue weighted by molar-refractivity contribution is -0.861. The molecular formula is C17H38N2O. The molecule has 122 valence electrons. The van der Waals surface area contributed by atoms with Crippen LogP contribution in [0.5, 0.6) is 0 Å². The zero-order valence-corrected chi connectivity index (χ0v) is 14.2. The van der Waals surface area contributed by atoms with Gasteiger partial charge in [-0.3, -0.25) is 0 Å². The lowest BCUT2D eigenvalue weighted by atomic mass is 10.1. The summed E-state index contributed by atoms with van der Waals surface area (Å²) >= 11 is 0. The molecule has 2 atom stereocenters. The van der Waals surface area contributed by atoms with Crippen LogP contribution in [0.25, 0.3) is 0 Å². The first kappa shape index (κ1) is 19.9. The van der Waals surface area contributed by atoms with E-state index >= 15 is 0 Å². The van der Waals surface area contributed by atoms with Crippen LogP contribution in [0.2, 0.25) is 0 Å². The molecule has 0 aliphatic heterocycles. The van der Waals surface area contributed by atoms with E-state index in [0.29, 0.717) is 6.54 Å². The summed E-state index contributed by atoms with van der Waals surface area (Å²) < 4.78 is -0.113. The van der Waals surface area contributed by atoms with Crippen molar-refractivity contribution in [3.8, 4) is 0 Å². The van der Waals surface area contributed by atoms with Crippen molar-refractivity contribution < 1.29 is 4.65 Å². The van der Waals surface area contributed by atoms with Gasteiger partial charge in [0.1, 0.15) is 0 Å². The van der Waals surface area contributed by atoms with Gasteiger partial charge in [-0.15, -0.1) is 0 Å². The van der Waals surface area contributed by atoms with Crippen LogP contribution in [0.1, 0.15) is 84.5 Å². The first-order valence-corrected chi connectivity index (χ1v) is 8.79. The van der Waals surface area contributed by atoms with E-state index in [1.54, 1.807) is 7.05 Å². The maximum absolute atomic E-state index is 12.1. The van der Waals surface area contributed by atoms with Gasteiger partial charge in [0, 0.05) is 12.5 Å². The summed E-state index contributed by atoms with van der Waals surface area (Å²) in [6.07, 6.45) is 14.0. The van der Waals surface area contributed by atoms with Crippen molar-refractivity contribution in [3.05, 3.63) is 5.21 Å². The average molecular weight is 287 g/mol. The first-order valence-electron chi connectivity index (χ1n) is 8.79. The van der Waals surface area contributed by atoms with Gasteiger partial charge in [-0.2, -0.15) is 0 Å². The van der Waals surface area contributed by atoms with Crippen molar-refractivity contribution in [2.24, 2.45) is 5.73 Å². The van der Waals surface area contributed by atoms with Crippen molar-refractivity contribution in [1.29, 1.82) is 0 Å². The second kappa shape index (κ2) is 12.6. The zero-order chi connectivity index (χ0) is 15.3. The molecule has 0 spiro atoms. The molecule has 2 unspecified atom stereocenters. The van der Waals surface area contributed by atoms with Crippen LogP contribution in [0.3, 0.4) is 0 Å². The fourth-order valence-corrected chi connectivity index (χ4v) is 2.52. The Hall–Kier alpha value is -0.120. The van der Waals surface area contributed by atoms with Crippen LogP contribution in [0.15, 0.2) is 0 Å². The van der Waals surface area contributed by atoms with Gasteiger partial charge in [0.05, 0.1) is 20.1 Å². The fraction of sp³-hybridized carbons (Fsp3) is 1.00. The summed E-state index contributed by atoms with van der Waals surface area (Å²) in [6, 6.07) is 0.147. The summed E-state index contributed by atoms with van der Waals surface area (Å²) in [5, 5.41) is 12.1. The molecule has 3 heteroatoms. The average Bonchev–Trinajstić information content (AvgIpc) is 2.39. The standard InChI is InChI=1S/C17H38N2O/c1-4-5-6-7-8-9-10-11-12-13-15-19(3,20)16-14-17(2)18/h17H,4-16,18H2,1-3H3. The van der Waals surface area contributed by atoms with Crippen molar-refractivity contribution in [3.63, 3.8) is 0 Å². The number of hydrogen-bond donors (Lipinski definition) is 1. The third-order valence-corrected chi connectivity index (χ3v) is 4.04. The molecule has 3 nitrogen and oxygen atoms in total. The van der Waals surface area contributed by atoms with Gasteiger partial charge in [0.15, 0.2) is 0 Å². The maximum atomic E-state index is 12.1. The van der Waals surface area contributed by atoms with E-state index < -0.39 is 0 Å². The van der Waals surface area contributed by atoms with E-state index in [-0.39, 0.29) is 10.7 Å². The molecule has 0 aromatic rings. The summed E-state index contributed by atoms with van der Waals surface area (Å²) in [5.41, 5.74) is 5.70. The highest BCUT2D eigenvalue weighted by atomic mass is 16.5. The Labute approximate surface area is 127 Å². The molecule has 0 aromatic carbocycles. The van der Waals surface area contributed by atoms with Crippen molar-refractivity contribution in [2.75, 3.05) is 20.1 Å². The SMILES string of the molecule is CCCCCCCCCCCC[N+](C)([O-])CCC(C)N. The molecule has 0 saturated heterocycles. The monoisotopic (exact) mass is 286 g/mol. The van der Waals surface area contributed by atoms with Crippen LogP contribution < -0.4 is 5.73 Å². The molecule has 0 aliphatic rings. The smallest absolute Gasteiger partial charge is 0.0796 e. The number of unbranched alkanes of at least 4 members (excludes halogenated alkanes) is 9. The van der Waals surface area contributed by atoms with Crippen LogP contribution in [-0.4, -0.2) is 30.8 Å². The molecule has 0 rings (SSSR count). The van der Waals surface area contributed by atoms with E-state index in [4.69, 9.17) is 5.73 Å². The van der Waals surface area contributed by atoms with Crippen LogP contribution in [0.4, 0.5) is 0 Å². The minimum atomic E-state index is -0.113. The van der Waals surface area contributed by atoms with Gasteiger partial charge in [-0.25, -0.2) is 0 Å². The maximum Gasteiger partial charge on any atom is 0.0796 e. The number of hydroxylamine groups is 3. The molecule has 0 aliphatic carbocycles. The van der Waals surface area contributed by atoms with Crippen LogP contribution >= 0.6 is 0 Å². The summed E-state index contributed by atoms with van der Waals surface area (Å²) in [5.74, 6) is 0. The van der Waals surface area contributed by atoms with E-state index in [1.807, 2.05) is 6.92 Å². The number of nitrogens with zero attached hydrogens (tertiary/aromatic N) is 1. The van der Waals surface area contributed by atoms with Gasteiger partial charge in [0.2, 0.25) is 0 Å². The van der Waals surface area contributed by atoms with Gasteiger partial charge in [-0.05, 0) is 19.8 Å². The summed E-state index contributed by atoms with van der Waals surface area (Å²) in [6.45, 7) is 5.65. The van der Waals surface area contributed by atoms with Crippen molar-refractivity contribution in [2.45, 2.75) is 90.5 Å². The lowest BCUT2D eigenvalue weighted by Gasteiger charge is -2.39. The summed E-state index contributed by atoms with van der Waals surface area (Å²) in [7, 11) is 1.79. The highest BCUT2D eigenvalue weighted by Crippen LogP contribution is 2.12. The molecular weight excluding hydrogens is 248 g/mol. The highest BCUT2D eigenvalue weighted by Gasteiger charge is 2.10. The second-order valence-corrected chi connectivity index (χ2v) is 6.69. The van der Waals surface area contributed by atoms with Crippen molar-refractivity contribution >= 4 is 0 Å². The summed E-state index contributed by atoms with van der Waals surface area (Å²) in [4.78, 5) is 0. The Bertz CT molecular complexity index is 205. The van der Waals surface area contributed by atoms with Crippen molar-refractivity contribution in [1.82, 2.24) is 0 Å². The molecule has 0 bridgehead atoms. The molecule has 0 saturated carbocycles. The quantitative estimate of drug-likeness (QED) is 0.288. The largest absolute Gasteiger partial charge is 0.633 e. The number of rotatable bonds is 14. The predicted molar refractivity (Wildman–Crippen MR) is 89.4 cm³/mol. The zero-order valence-electron chi connectivity index (χ0n) is 14.2. The second-order valence-electron chi connectivity index (χ2n) is 6.69. The molecule has 0 fully saturated rings. The predicted octanol–water partition coefficient (Wildman–Crippen LogP) is 4.59.